The van der Waals surface area contributed by atoms with E-state index < -0.39 is 22.4 Å². The third-order valence-electron chi connectivity index (χ3n) is 4.42. The molecule has 0 amide bonds. The van der Waals surface area contributed by atoms with Crippen molar-refractivity contribution in [3.8, 4) is 5.69 Å². The van der Waals surface area contributed by atoms with Crippen LogP contribution in [0.5, 0.6) is 0 Å². The lowest BCUT2D eigenvalue weighted by atomic mass is 10.1. The molecular formula is C19H17N3O3S2. The highest BCUT2D eigenvalue weighted by Gasteiger charge is 2.49. The van der Waals surface area contributed by atoms with Gasteiger partial charge in [-0.15, -0.1) is 4.74 Å². The van der Waals surface area contributed by atoms with Gasteiger partial charge in [0.25, 0.3) is 0 Å². The Morgan fingerprint density at radius 3 is 2.11 bits per heavy atom. The van der Waals surface area contributed by atoms with Crippen LogP contribution in [0.2, 0.25) is 0 Å². The minimum atomic E-state index is -0.724. The molecule has 8 heteroatoms. The van der Waals surface area contributed by atoms with E-state index in [1.807, 2.05) is 55.1 Å². The molecule has 0 aliphatic carbocycles. The van der Waals surface area contributed by atoms with Crippen molar-refractivity contribution < 1.29 is 4.52 Å². The number of rotatable bonds is 3. The third-order valence-corrected chi connectivity index (χ3v) is 5.98. The largest absolute Gasteiger partial charge is 0.447 e. The fourth-order valence-corrected chi connectivity index (χ4v) is 5.16. The van der Waals surface area contributed by atoms with Crippen LogP contribution in [0.25, 0.3) is 5.69 Å². The second kappa shape index (κ2) is 6.54. The maximum atomic E-state index is 13.1. The first-order valence-corrected chi connectivity index (χ1v) is 9.60. The number of thiocarbonyl (C=S) groups is 1. The highest BCUT2D eigenvalue weighted by molar-refractivity contribution is 8.24. The lowest BCUT2D eigenvalue weighted by Crippen LogP contribution is -2.42. The molecule has 1 aromatic heterocycles. The normalized spacial score (nSPS) is 18.8. The number of hydrogen-bond acceptors (Lipinski definition) is 5. The van der Waals surface area contributed by atoms with Gasteiger partial charge in [0.1, 0.15) is 4.32 Å². The third kappa shape index (κ3) is 2.94. The van der Waals surface area contributed by atoms with Crippen molar-refractivity contribution in [3.63, 3.8) is 0 Å². The van der Waals surface area contributed by atoms with Gasteiger partial charge < -0.3 is 9.42 Å². The summed E-state index contributed by atoms with van der Waals surface area (Å²) in [6.07, 6.45) is -0.567. The molecule has 2 aromatic carbocycles. The van der Waals surface area contributed by atoms with Crippen LogP contribution in [0.1, 0.15) is 20.0 Å². The molecule has 6 nitrogen and oxygen atoms in total. The summed E-state index contributed by atoms with van der Waals surface area (Å²) in [4.78, 5) is 27.4. The van der Waals surface area contributed by atoms with E-state index in [1.165, 1.54) is 11.8 Å². The van der Waals surface area contributed by atoms with Crippen molar-refractivity contribution >= 4 is 34.0 Å². The van der Waals surface area contributed by atoms with Gasteiger partial charge in [-0.25, -0.2) is 9.59 Å². The fraction of sp³-hybridized carbons (Fsp3) is 0.211. The van der Waals surface area contributed by atoms with E-state index in [2.05, 4.69) is 0 Å². The van der Waals surface area contributed by atoms with E-state index in [-0.39, 0.29) is 0 Å². The maximum absolute atomic E-state index is 13.1. The second-order valence-corrected chi connectivity index (χ2v) is 8.98. The number of thioether (sulfide) groups is 1. The minimum absolute atomic E-state index is 0.465. The van der Waals surface area contributed by atoms with Crippen molar-refractivity contribution in [1.29, 1.82) is 0 Å². The van der Waals surface area contributed by atoms with Crippen molar-refractivity contribution in [3.05, 3.63) is 81.7 Å². The highest BCUT2D eigenvalue weighted by Crippen LogP contribution is 2.48. The van der Waals surface area contributed by atoms with Gasteiger partial charge in [0.05, 0.1) is 10.4 Å². The van der Waals surface area contributed by atoms with E-state index in [9.17, 15) is 9.59 Å². The molecule has 0 radical (unpaired) electrons. The van der Waals surface area contributed by atoms with Crippen molar-refractivity contribution in [2.45, 2.75) is 24.8 Å². The molecule has 0 saturated carbocycles. The van der Waals surface area contributed by atoms with Crippen molar-refractivity contribution in [2.75, 3.05) is 4.90 Å². The lowest BCUT2D eigenvalue weighted by molar-refractivity contribution is 0.182. The average molecular weight is 399 g/mol. The molecule has 0 bridgehead atoms. The first-order chi connectivity index (χ1) is 12.9. The smallest absolute Gasteiger partial charge is 0.314 e. The molecule has 2 heterocycles. The van der Waals surface area contributed by atoms with Crippen LogP contribution in [-0.4, -0.2) is 18.4 Å². The van der Waals surface area contributed by atoms with Gasteiger partial charge >= 0.3 is 11.4 Å². The predicted octanol–water partition coefficient (Wildman–Crippen LogP) is 3.41. The average Bonchev–Trinajstić information content (AvgIpc) is 3.07. The molecule has 1 saturated heterocycles. The van der Waals surface area contributed by atoms with Crippen LogP contribution >= 0.6 is 24.0 Å². The Bertz CT molecular complexity index is 1100. The van der Waals surface area contributed by atoms with E-state index in [1.54, 1.807) is 24.3 Å². The Hall–Kier alpha value is -2.58. The molecule has 1 atom stereocenters. The van der Waals surface area contributed by atoms with Gasteiger partial charge in [0.2, 0.25) is 0 Å². The molecule has 27 heavy (non-hydrogen) atoms. The van der Waals surface area contributed by atoms with Gasteiger partial charge in [-0.1, -0.05) is 60.4 Å². The Morgan fingerprint density at radius 2 is 1.52 bits per heavy atom. The Kier molecular flexibility index (Phi) is 4.32. The zero-order chi connectivity index (χ0) is 19.2. The summed E-state index contributed by atoms with van der Waals surface area (Å²) in [7, 11) is 0. The summed E-state index contributed by atoms with van der Waals surface area (Å²) >= 11 is 7.05. The monoisotopic (exact) mass is 399 g/mol. The standard InChI is InChI=1S/C19H17N3O3S2/c1-19(2)15(20(18(26)27-19)13-9-5-3-6-10-13)22-16(23)21(17(24)25-22)14-11-7-4-8-12-14/h3-12,15H,1-2H3. The maximum Gasteiger partial charge on any atom is 0.447 e. The van der Waals surface area contributed by atoms with Crippen LogP contribution in [0, 0.1) is 0 Å². The first kappa shape index (κ1) is 17.8. The SMILES string of the molecule is CC1(C)SC(=S)N(c2ccccc2)C1n1oc(=O)n(-c2ccccc2)c1=O. The van der Waals surface area contributed by atoms with Gasteiger partial charge in [0, 0.05) is 5.69 Å². The van der Waals surface area contributed by atoms with E-state index in [0.717, 1.165) is 15.0 Å². The summed E-state index contributed by atoms with van der Waals surface area (Å²) in [6, 6.07) is 18.3. The van der Waals surface area contributed by atoms with Crippen LogP contribution in [0.15, 0.2) is 74.8 Å². The molecule has 0 spiro atoms. The minimum Gasteiger partial charge on any atom is -0.314 e. The number of benzene rings is 2. The van der Waals surface area contributed by atoms with Crippen molar-refractivity contribution in [2.24, 2.45) is 0 Å². The molecule has 3 aromatic rings. The number of anilines is 1. The zero-order valence-corrected chi connectivity index (χ0v) is 16.4. The number of hydrogen-bond donors (Lipinski definition) is 0. The van der Waals surface area contributed by atoms with Crippen LogP contribution < -0.4 is 16.3 Å². The van der Waals surface area contributed by atoms with Gasteiger partial charge in [-0.05, 0) is 38.1 Å². The van der Waals surface area contributed by atoms with Crippen LogP contribution in [0.3, 0.4) is 0 Å². The molecule has 1 aliphatic heterocycles. The summed E-state index contributed by atoms with van der Waals surface area (Å²) in [5.41, 5.74) is 0.774. The first-order valence-electron chi connectivity index (χ1n) is 8.38. The van der Waals surface area contributed by atoms with Crippen LogP contribution in [0.4, 0.5) is 5.69 Å². The molecule has 1 fully saturated rings. The molecule has 4 rings (SSSR count). The fourth-order valence-electron chi connectivity index (χ4n) is 3.25. The second-order valence-electron chi connectivity index (χ2n) is 6.69. The van der Waals surface area contributed by atoms with E-state index in [4.69, 9.17) is 16.7 Å². The predicted molar refractivity (Wildman–Crippen MR) is 111 cm³/mol. The van der Waals surface area contributed by atoms with Crippen molar-refractivity contribution in [1.82, 2.24) is 9.31 Å². The Balaban J connectivity index is 1.90. The van der Waals surface area contributed by atoms with Crippen LogP contribution in [-0.2, 0) is 0 Å². The molecule has 1 unspecified atom stereocenters. The topological polar surface area (TPSA) is 60.4 Å². The molecular weight excluding hydrogens is 382 g/mol. The highest BCUT2D eigenvalue weighted by atomic mass is 32.2. The summed E-state index contributed by atoms with van der Waals surface area (Å²) in [5.74, 6) is -0.724. The zero-order valence-electron chi connectivity index (χ0n) is 14.7. The summed E-state index contributed by atoms with van der Waals surface area (Å²) in [5, 5.41) is 0. The molecule has 1 aliphatic rings. The van der Waals surface area contributed by atoms with Gasteiger partial charge in [0.15, 0.2) is 6.17 Å². The van der Waals surface area contributed by atoms with E-state index >= 15 is 0 Å². The van der Waals surface area contributed by atoms with Gasteiger partial charge in [-0.3, -0.25) is 0 Å². The molecule has 138 valence electrons. The summed E-state index contributed by atoms with van der Waals surface area (Å²) < 4.78 is 7.73. The number of nitrogens with zero attached hydrogens (tertiary/aromatic N) is 3. The molecule has 0 N–H and O–H groups in total. The van der Waals surface area contributed by atoms with E-state index in [0.29, 0.717) is 10.0 Å². The lowest BCUT2D eigenvalue weighted by Gasteiger charge is -2.30. The number of para-hydroxylation sites is 2. The quantitative estimate of drug-likeness (QED) is 0.629. The summed E-state index contributed by atoms with van der Waals surface area (Å²) in [6.45, 7) is 3.95. The van der Waals surface area contributed by atoms with Gasteiger partial charge in [-0.2, -0.15) is 4.57 Å². The number of aromatic nitrogens is 2. The Morgan fingerprint density at radius 1 is 0.963 bits per heavy atom. The Labute approximate surface area is 165 Å².